The van der Waals surface area contributed by atoms with Gasteiger partial charge < -0.3 is 0 Å². The lowest BCUT2D eigenvalue weighted by atomic mass is 9.96. The van der Waals surface area contributed by atoms with Gasteiger partial charge in [-0.2, -0.15) is 15.7 Å². The van der Waals surface area contributed by atoms with E-state index in [1.165, 1.54) is 6.07 Å². The first-order valence-corrected chi connectivity index (χ1v) is 11.3. The molecule has 1 aliphatic heterocycles. The second kappa shape index (κ2) is 7.05. The second-order valence-corrected chi connectivity index (χ2v) is 9.63. The minimum atomic E-state index is -2.71. The van der Waals surface area contributed by atoms with Gasteiger partial charge in [0.25, 0.3) is 0 Å². The fourth-order valence-corrected chi connectivity index (χ4v) is 5.51. The van der Waals surface area contributed by atoms with Crippen LogP contribution in [0.25, 0.3) is 33.6 Å². The Kier molecular flexibility index (Phi) is 4.47. The van der Waals surface area contributed by atoms with E-state index in [9.17, 15) is 13.5 Å². The lowest BCUT2D eigenvalue weighted by Gasteiger charge is -2.27. The molecular formula is C23H20FN3O2S. The van der Waals surface area contributed by atoms with E-state index >= 15 is 0 Å². The molecule has 0 radical (unpaired) electrons. The third-order valence-corrected chi connectivity index (χ3v) is 7.30. The summed E-state index contributed by atoms with van der Waals surface area (Å²) < 4.78 is 35.0. The molecule has 4 aromatic rings. The summed E-state index contributed by atoms with van der Waals surface area (Å²) in [5, 5.41) is 7.25. The number of nitrogens with one attached hydrogen (secondary N) is 1. The Hall–Kier alpha value is -3.00. The molecule has 3 N–H and O–H groups in total. The maximum absolute atomic E-state index is 14.7. The van der Waals surface area contributed by atoms with Crippen LogP contribution in [0, 0.1) is 12.7 Å². The van der Waals surface area contributed by atoms with Gasteiger partial charge in [0.1, 0.15) is 11.5 Å². The second-order valence-electron chi connectivity index (χ2n) is 7.45. The van der Waals surface area contributed by atoms with Crippen LogP contribution in [-0.4, -0.2) is 30.0 Å². The number of rotatable bonds is 3. The first-order valence-electron chi connectivity index (χ1n) is 9.59. The highest BCUT2D eigenvalue weighted by Crippen LogP contribution is 2.55. The fourth-order valence-electron chi connectivity index (χ4n) is 3.92. The van der Waals surface area contributed by atoms with Crippen molar-refractivity contribution in [1.29, 1.82) is 0 Å². The Balaban J connectivity index is 1.59. The molecule has 2 aromatic carbocycles. The molecule has 0 spiro atoms. The number of hydrogen-bond donors (Lipinski definition) is 3. The summed E-state index contributed by atoms with van der Waals surface area (Å²) >= 11 is 0. The molecule has 0 bridgehead atoms. The van der Waals surface area contributed by atoms with Crippen molar-refractivity contribution in [3.63, 3.8) is 0 Å². The van der Waals surface area contributed by atoms with E-state index in [2.05, 4.69) is 15.2 Å². The summed E-state index contributed by atoms with van der Waals surface area (Å²) in [5.74, 6) is -0.00191. The molecule has 0 saturated carbocycles. The molecule has 0 unspecified atom stereocenters. The van der Waals surface area contributed by atoms with Crippen LogP contribution >= 0.6 is 10.6 Å². The van der Waals surface area contributed by atoms with Crippen LogP contribution in [-0.2, 0) is 6.42 Å². The average Bonchev–Trinajstić information content (AvgIpc) is 3.33. The van der Waals surface area contributed by atoms with Gasteiger partial charge in [0.15, 0.2) is 0 Å². The van der Waals surface area contributed by atoms with Crippen LogP contribution in [0.3, 0.4) is 0 Å². The minimum absolute atomic E-state index is 0.330. The first-order chi connectivity index (χ1) is 14.4. The van der Waals surface area contributed by atoms with Crippen LogP contribution in [0.15, 0.2) is 65.7 Å². The topological polar surface area (TPSA) is 82.0 Å². The number of H-pyrrole nitrogens is 1. The van der Waals surface area contributed by atoms with E-state index in [1.54, 1.807) is 30.5 Å². The summed E-state index contributed by atoms with van der Waals surface area (Å²) in [4.78, 5) is 5.13. The molecule has 0 fully saturated rings. The van der Waals surface area contributed by atoms with Crippen molar-refractivity contribution in [3.8, 4) is 33.6 Å². The molecule has 3 heterocycles. The van der Waals surface area contributed by atoms with Crippen molar-refractivity contribution >= 4 is 10.6 Å². The third kappa shape index (κ3) is 3.21. The molecule has 5 nitrogen and oxygen atoms in total. The van der Waals surface area contributed by atoms with Crippen molar-refractivity contribution in [3.05, 3.63) is 77.9 Å². The van der Waals surface area contributed by atoms with E-state index < -0.39 is 10.6 Å². The minimum Gasteiger partial charge on any atom is -0.295 e. The number of aryl methyl sites for hydroxylation is 2. The normalized spacial score (nSPS) is 15.7. The Morgan fingerprint density at radius 3 is 2.63 bits per heavy atom. The highest BCUT2D eigenvalue weighted by molar-refractivity contribution is 8.24. The van der Waals surface area contributed by atoms with Gasteiger partial charge in [0.05, 0.1) is 10.6 Å². The lowest BCUT2D eigenvalue weighted by molar-refractivity contribution is 0.492. The Morgan fingerprint density at radius 1 is 1.00 bits per heavy atom. The molecule has 0 aliphatic carbocycles. The smallest absolute Gasteiger partial charge is 0.131 e. The number of aromatic amines is 1. The van der Waals surface area contributed by atoms with Gasteiger partial charge in [0, 0.05) is 28.8 Å². The number of aromatic nitrogens is 3. The molecule has 7 heteroatoms. The van der Waals surface area contributed by atoms with Gasteiger partial charge in [0.2, 0.25) is 0 Å². The predicted molar refractivity (Wildman–Crippen MR) is 117 cm³/mol. The zero-order valence-electron chi connectivity index (χ0n) is 16.3. The Bertz CT molecular complexity index is 1270. The fraction of sp³-hybridized carbons (Fsp3) is 0.130. The summed E-state index contributed by atoms with van der Waals surface area (Å²) in [6, 6.07) is 16.0. The van der Waals surface area contributed by atoms with Crippen LogP contribution < -0.4 is 0 Å². The molecule has 0 amide bonds. The predicted octanol–water partition coefficient (Wildman–Crippen LogP) is 5.92. The van der Waals surface area contributed by atoms with Crippen LogP contribution in [0.5, 0.6) is 0 Å². The van der Waals surface area contributed by atoms with E-state index in [-0.39, 0.29) is 5.82 Å². The van der Waals surface area contributed by atoms with Gasteiger partial charge >= 0.3 is 0 Å². The van der Waals surface area contributed by atoms with Gasteiger partial charge in [-0.3, -0.25) is 19.2 Å². The van der Waals surface area contributed by atoms with Gasteiger partial charge in [-0.15, -0.1) is 0 Å². The highest BCUT2D eigenvalue weighted by Gasteiger charge is 2.27. The summed E-state index contributed by atoms with van der Waals surface area (Å²) in [7, 11) is -2.71. The van der Waals surface area contributed by atoms with Crippen LogP contribution in [0.1, 0.15) is 11.3 Å². The van der Waals surface area contributed by atoms with Crippen molar-refractivity contribution in [2.75, 3.05) is 5.75 Å². The molecular weight excluding hydrogens is 401 g/mol. The lowest BCUT2D eigenvalue weighted by Crippen LogP contribution is -1.95. The molecule has 152 valence electrons. The van der Waals surface area contributed by atoms with Gasteiger partial charge in [-0.25, -0.2) is 4.39 Å². The third-order valence-electron chi connectivity index (χ3n) is 5.43. The molecule has 0 atom stereocenters. The largest absolute Gasteiger partial charge is 0.295 e. The number of nitrogens with zero attached hydrogens (tertiary/aromatic N) is 2. The van der Waals surface area contributed by atoms with Gasteiger partial charge in [-0.05, 0) is 66.4 Å². The van der Waals surface area contributed by atoms with E-state index in [0.29, 0.717) is 33.9 Å². The first kappa shape index (κ1) is 19.0. The maximum Gasteiger partial charge on any atom is 0.131 e. The number of hydrogen-bond acceptors (Lipinski definition) is 4. The summed E-state index contributed by atoms with van der Waals surface area (Å²) in [5.41, 5.74) is 6.05. The van der Waals surface area contributed by atoms with Crippen LogP contribution in [0.4, 0.5) is 4.39 Å². The standard InChI is InChI=1S/C23H20FN3O2S/c1-14-3-2-4-21(26-14)23-19(13-25-27-23)16-5-7-20(24)18(12-16)15-6-8-22-17(11-15)9-10-30(22,28)29/h2-8,11-13,28-29H,9-10H2,1H3,(H,25,27). The highest BCUT2D eigenvalue weighted by atomic mass is 32.3. The van der Waals surface area contributed by atoms with E-state index in [4.69, 9.17) is 0 Å². The molecule has 0 saturated heterocycles. The average molecular weight is 421 g/mol. The number of fused-ring (bicyclic) bond motifs is 1. The monoisotopic (exact) mass is 421 g/mol. The number of halogens is 1. The molecule has 1 aliphatic rings. The number of pyridine rings is 1. The van der Waals surface area contributed by atoms with E-state index in [0.717, 1.165) is 28.1 Å². The zero-order chi connectivity index (χ0) is 20.9. The van der Waals surface area contributed by atoms with Gasteiger partial charge in [-0.1, -0.05) is 18.2 Å². The SMILES string of the molecule is Cc1cccc(-c2n[nH]cc2-c2ccc(F)c(-c3ccc4c(c3)CCS4(O)O)c2)n1. The van der Waals surface area contributed by atoms with Crippen LogP contribution in [0.2, 0.25) is 0 Å². The van der Waals surface area contributed by atoms with E-state index in [1.807, 2.05) is 31.2 Å². The number of benzene rings is 2. The summed E-state index contributed by atoms with van der Waals surface area (Å²) in [6.45, 7) is 1.93. The van der Waals surface area contributed by atoms with Crippen molar-refractivity contribution in [1.82, 2.24) is 15.2 Å². The zero-order valence-corrected chi connectivity index (χ0v) is 17.1. The van der Waals surface area contributed by atoms with Crippen molar-refractivity contribution < 1.29 is 13.5 Å². The molecule has 5 rings (SSSR count). The maximum atomic E-state index is 14.7. The van der Waals surface area contributed by atoms with Crippen molar-refractivity contribution in [2.24, 2.45) is 0 Å². The molecule has 30 heavy (non-hydrogen) atoms. The Labute approximate surface area is 175 Å². The quantitative estimate of drug-likeness (QED) is 0.384. The Morgan fingerprint density at radius 2 is 1.80 bits per heavy atom. The van der Waals surface area contributed by atoms with Crippen molar-refractivity contribution in [2.45, 2.75) is 18.2 Å². The molecule has 2 aromatic heterocycles. The summed E-state index contributed by atoms with van der Waals surface area (Å²) in [6.07, 6.45) is 2.37.